The van der Waals surface area contributed by atoms with Crippen LogP contribution in [0.5, 0.6) is 0 Å². The highest BCUT2D eigenvalue weighted by Gasteiger charge is 2.30. The van der Waals surface area contributed by atoms with Gasteiger partial charge >= 0.3 is 5.97 Å². The largest absolute Gasteiger partial charge is 0.478 e. The number of likely N-dealkylation sites (tertiary alicyclic amines) is 1. The van der Waals surface area contributed by atoms with Crippen LogP contribution in [0.1, 0.15) is 48.9 Å². The van der Waals surface area contributed by atoms with E-state index in [1.54, 1.807) is 18.3 Å². The zero-order valence-electron chi connectivity index (χ0n) is 11.8. The first-order valence-electron chi connectivity index (χ1n) is 7.04. The molecule has 2 aromatic rings. The SMILES string of the molecule is CC(C)N1CCCC1c1ncc2cc(C(=O)O)ccn12. The monoisotopic (exact) mass is 273 g/mol. The summed E-state index contributed by atoms with van der Waals surface area (Å²) in [6.07, 6.45) is 5.87. The number of hydrogen-bond acceptors (Lipinski definition) is 3. The molecule has 3 rings (SSSR count). The molecule has 0 bridgehead atoms. The average Bonchev–Trinajstić information content (AvgIpc) is 3.03. The summed E-state index contributed by atoms with van der Waals surface area (Å²) in [5.74, 6) is 0.114. The summed E-state index contributed by atoms with van der Waals surface area (Å²) in [5, 5.41) is 9.04. The number of fused-ring (bicyclic) bond motifs is 1. The summed E-state index contributed by atoms with van der Waals surface area (Å²) in [7, 11) is 0. The van der Waals surface area contributed by atoms with Crippen molar-refractivity contribution in [2.24, 2.45) is 0 Å². The zero-order chi connectivity index (χ0) is 14.3. The molecule has 1 atom stereocenters. The fourth-order valence-electron chi connectivity index (χ4n) is 3.08. The number of nitrogens with zero attached hydrogens (tertiary/aromatic N) is 3. The molecule has 1 N–H and O–H groups in total. The third-order valence-corrected chi connectivity index (χ3v) is 4.06. The van der Waals surface area contributed by atoms with Gasteiger partial charge in [0, 0.05) is 12.2 Å². The zero-order valence-corrected chi connectivity index (χ0v) is 11.8. The van der Waals surface area contributed by atoms with Crippen LogP contribution < -0.4 is 0 Å². The van der Waals surface area contributed by atoms with Gasteiger partial charge in [-0.05, 0) is 45.4 Å². The molecule has 106 valence electrons. The lowest BCUT2D eigenvalue weighted by Crippen LogP contribution is -2.31. The summed E-state index contributed by atoms with van der Waals surface area (Å²) in [6, 6.07) is 4.13. The number of pyridine rings is 1. The summed E-state index contributed by atoms with van der Waals surface area (Å²) < 4.78 is 2.01. The predicted octanol–water partition coefficient (Wildman–Crippen LogP) is 2.58. The van der Waals surface area contributed by atoms with Gasteiger partial charge in [0.25, 0.3) is 0 Å². The topological polar surface area (TPSA) is 57.8 Å². The highest BCUT2D eigenvalue weighted by atomic mass is 16.4. The van der Waals surface area contributed by atoms with Gasteiger partial charge in [-0.2, -0.15) is 0 Å². The Labute approximate surface area is 117 Å². The molecule has 1 unspecified atom stereocenters. The van der Waals surface area contributed by atoms with Crippen LogP contribution in [0.2, 0.25) is 0 Å². The Bertz CT molecular complexity index is 648. The Kier molecular flexibility index (Phi) is 3.22. The molecule has 0 aliphatic carbocycles. The van der Waals surface area contributed by atoms with E-state index in [0.717, 1.165) is 24.3 Å². The van der Waals surface area contributed by atoms with Crippen LogP contribution in [-0.2, 0) is 0 Å². The standard InChI is InChI=1S/C15H19N3O2/c1-10(2)17-6-3-4-13(17)14-16-9-12-8-11(15(19)20)5-7-18(12)14/h5,7-10,13H,3-4,6H2,1-2H3,(H,19,20). The quantitative estimate of drug-likeness (QED) is 0.933. The molecule has 3 heterocycles. The molecule has 2 aromatic heterocycles. The third-order valence-electron chi connectivity index (χ3n) is 4.06. The van der Waals surface area contributed by atoms with Gasteiger partial charge in [-0.15, -0.1) is 0 Å². The predicted molar refractivity (Wildman–Crippen MR) is 76.0 cm³/mol. The second kappa shape index (κ2) is 4.90. The van der Waals surface area contributed by atoms with Gasteiger partial charge in [0.15, 0.2) is 0 Å². The van der Waals surface area contributed by atoms with Crippen LogP contribution in [0.15, 0.2) is 24.5 Å². The van der Waals surface area contributed by atoms with Gasteiger partial charge in [0.1, 0.15) is 5.82 Å². The summed E-state index contributed by atoms with van der Waals surface area (Å²) in [4.78, 5) is 18.0. The highest BCUT2D eigenvalue weighted by Crippen LogP contribution is 2.33. The van der Waals surface area contributed by atoms with E-state index >= 15 is 0 Å². The van der Waals surface area contributed by atoms with Crippen LogP contribution in [0.25, 0.3) is 5.52 Å². The van der Waals surface area contributed by atoms with Gasteiger partial charge in [-0.1, -0.05) is 0 Å². The minimum atomic E-state index is -0.903. The number of aromatic carboxylic acids is 1. The van der Waals surface area contributed by atoms with E-state index < -0.39 is 5.97 Å². The van der Waals surface area contributed by atoms with Gasteiger partial charge in [0.2, 0.25) is 0 Å². The fourth-order valence-corrected chi connectivity index (χ4v) is 3.08. The molecule has 0 aromatic carbocycles. The summed E-state index contributed by atoms with van der Waals surface area (Å²) >= 11 is 0. The molecule has 1 aliphatic rings. The van der Waals surface area contributed by atoms with Crippen LogP contribution in [0.3, 0.4) is 0 Å². The number of imidazole rings is 1. The van der Waals surface area contributed by atoms with Gasteiger partial charge in [-0.3, -0.25) is 4.90 Å². The van der Waals surface area contributed by atoms with Crippen molar-refractivity contribution in [3.63, 3.8) is 0 Å². The summed E-state index contributed by atoms with van der Waals surface area (Å²) in [6.45, 7) is 5.51. The first-order valence-corrected chi connectivity index (χ1v) is 7.04. The number of hydrogen-bond donors (Lipinski definition) is 1. The fraction of sp³-hybridized carbons (Fsp3) is 0.467. The molecule has 5 heteroatoms. The second-order valence-electron chi connectivity index (χ2n) is 5.62. The molecular weight excluding hydrogens is 254 g/mol. The van der Waals surface area contributed by atoms with E-state index in [4.69, 9.17) is 5.11 Å². The lowest BCUT2D eigenvalue weighted by molar-refractivity contribution is 0.0697. The Morgan fingerprint density at radius 3 is 3.00 bits per heavy atom. The minimum absolute atomic E-state index is 0.302. The van der Waals surface area contributed by atoms with Crippen molar-refractivity contribution in [2.75, 3.05) is 6.54 Å². The minimum Gasteiger partial charge on any atom is -0.478 e. The molecule has 0 amide bonds. The lowest BCUT2D eigenvalue weighted by Gasteiger charge is -2.27. The van der Waals surface area contributed by atoms with Crippen molar-refractivity contribution in [1.29, 1.82) is 0 Å². The Balaban J connectivity index is 2.02. The molecule has 1 aliphatic heterocycles. The molecule has 1 fully saturated rings. The maximum absolute atomic E-state index is 11.0. The number of rotatable bonds is 3. The Morgan fingerprint density at radius 1 is 1.50 bits per heavy atom. The average molecular weight is 273 g/mol. The van der Waals surface area contributed by atoms with Crippen LogP contribution in [-0.4, -0.2) is 37.9 Å². The second-order valence-corrected chi connectivity index (χ2v) is 5.62. The van der Waals surface area contributed by atoms with Crippen molar-refractivity contribution in [1.82, 2.24) is 14.3 Å². The van der Waals surface area contributed by atoms with E-state index in [0.29, 0.717) is 17.6 Å². The normalized spacial score (nSPS) is 20.1. The van der Waals surface area contributed by atoms with Crippen molar-refractivity contribution < 1.29 is 9.90 Å². The van der Waals surface area contributed by atoms with E-state index in [1.165, 1.54) is 6.42 Å². The molecule has 0 spiro atoms. The van der Waals surface area contributed by atoms with Gasteiger partial charge in [0.05, 0.1) is 23.3 Å². The van der Waals surface area contributed by atoms with Crippen LogP contribution in [0.4, 0.5) is 0 Å². The first-order chi connectivity index (χ1) is 9.58. The lowest BCUT2D eigenvalue weighted by atomic mass is 10.2. The number of carbonyl (C=O) groups is 1. The van der Waals surface area contributed by atoms with E-state index in [-0.39, 0.29) is 0 Å². The molecular formula is C15H19N3O2. The number of carboxylic acids is 1. The van der Waals surface area contributed by atoms with E-state index in [9.17, 15) is 4.79 Å². The molecule has 0 saturated carbocycles. The highest BCUT2D eigenvalue weighted by molar-refractivity contribution is 5.88. The van der Waals surface area contributed by atoms with Crippen LogP contribution in [0, 0.1) is 0 Å². The van der Waals surface area contributed by atoms with Crippen molar-refractivity contribution >= 4 is 11.5 Å². The molecule has 0 radical (unpaired) electrons. The van der Waals surface area contributed by atoms with Gasteiger partial charge in [-0.25, -0.2) is 9.78 Å². The van der Waals surface area contributed by atoms with Crippen LogP contribution >= 0.6 is 0 Å². The van der Waals surface area contributed by atoms with E-state index in [2.05, 4.69) is 23.7 Å². The van der Waals surface area contributed by atoms with Crippen molar-refractivity contribution in [3.8, 4) is 0 Å². The molecule has 20 heavy (non-hydrogen) atoms. The van der Waals surface area contributed by atoms with Crippen molar-refractivity contribution in [3.05, 3.63) is 35.9 Å². The summed E-state index contributed by atoms with van der Waals surface area (Å²) in [5.41, 5.74) is 1.14. The third kappa shape index (κ3) is 2.08. The number of carboxylic acid groups (broad SMARTS) is 1. The Morgan fingerprint density at radius 2 is 2.30 bits per heavy atom. The molecule has 1 saturated heterocycles. The first kappa shape index (κ1) is 13.1. The van der Waals surface area contributed by atoms with Gasteiger partial charge < -0.3 is 9.51 Å². The smallest absolute Gasteiger partial charge is 0.335 e. The molecule has 5 nitrogen and oxygen atoms in total. The maximum Gasteiger partial charge on any atom is 0.335 e. The van der Waals surface area contributed by atoms with E-state index in [1.807, 2.05) is 10.6 Å². The Hall–Kier alpha value is -1.88. The maximum atomic E-state index is 11.0. The van der Waals surface area contributed by atoms with Crippen molar-refractivity contribution in [2.45, 2.75) is 38.8 Å². The number of aromatic nitrogens is 2.